The van der Waals surface area contributed by atoms with Gasteiger partial charge in [-0.15, -0.1) is 0 Å². The number of ether oxygens (including phenoxy) is 1. The Labute approximate surface area is 131 Å². The molecule has 3 nitrogen and oxygen atoms in total. The molecule has 0 aliphatic carbocycles. The number of hydrogen-bond donors (Lipinski definition) is 1. The quantitative estimate of drug-likeness (QED) is 0.743. The van der Waals surface area contributed by atoms with Crippen LogP contribution in [-0.4, -0.2) is 26.9 Å². The second kappa shape index (κ2) is 8.56. The third kappa shape index (κ3) is 8.24. The second-order valence-corrected chi connectivity index (χ2v) is 9.45. The fourth-order valence-corrected chi connectivity index (χ4v) is 2.79. The monoisotopic (exact) mass is 310 g/mol. The molecule has 0 saturated carbocycles. The van der Waals surface area contributed by atoms with Crippen LogP contribution in [0.2, 0.25) is 13.1 Å². The van der Waals surface area contributed by atoms with Crippen LogP contribution in [0.4, 0.5) is 0 Å². The largest absolute Gasteiger partial charge is 0.490 e. The highest BCUT2D eigenvalue weighted by molar-refractivity contribution is 6.48. The van der Waals surface area contributed by atoms with Crippen molar-refractivity contribution in [3.05, 3.63) is 29.8 Å². The maximum Gasteiger partial charge on any atom is 0.170 e. The van der Waals surface area contributed by atoms with Gasteiger partial charge in [-0.3, -0.25) is 0 Å². The Morgan fingerprint density at radius 1 is 1.14 bits per heavy atom. The lowest BCUT2D eigenvalue weighted by atomic mass is 9.88. The molecule has 0 bridgehead atoms. The maximum atomic E-state index is 9.08. The number of aliphatic hydroxyl groups excluding tert-OH is 1. The second-order valence-electron chi connectivity index (χ2n) is 7.01. The van der Waals surface area contributed by atoms with Gasteiger partial charge in [0.1, 0.15) is 11.9 Å². The Kier molecular flexibility index (Phi) is 7.42. The third-order valence-electron chi connectivity index (χ3n) is 3.14. The van der Waals surface area contributed by atoms with E-state index in [2.05, 4.69) is 33.9 Å². The molecule has 1 aromatic rings. The molecule has 1 rings (SSSR count). The summed E-state index contributed by atoms with van der Waals surface area (Å²) in [5.41, 5.74) is 1.13. The summed E-state index contributed by atoms with van der Waals surface area (Å²) in [6, 6.07) is 7.67. The third-order valence-corrected chi connectivity index (χ3v) is 4.04. The molecule has 0 radical (unpaired) electrons. The van der Waals surface area contributed by atoms with Gasteiger partial charge in [0.2, 0.25) is 0 Å². The van der Waals surface area contributed by atoms with Gasteiger partial charge in [0.05, 0.1) is 6.61 Å². The molecule has 0 heterocycles. The summed E-state index contributed by atoms with van der Waals surface area (Å²) in [6.45, 7) is 11.9. The summed E-state index contributed by atoms with van der Waals surface area (Å²) in [7, 11) is -0.962. The molecule has 1 atom stereocenters. The lowest BCUT2D eigenvalue weighted by Crippen LogP contribution is -2.26. The predicted octanol–water partition coefficient (Wildman–Crippen LogP) is 3.75. The minimum atomic E-state index is -0.962. The first kappa shape index (κ1) is 18.2. The summed E-state index contributed by atoms with van der Waals surface area (Å²) in [5.74, 6) is 0.864. The van der Waals surface area contributed by atoms with Gasteiger partial charge >= 0.3 is 0 Å². The average Bonchev–Trinajstić information content (AvgIpc) is 2.37. The van der Waals surface area contributed by atoms with Crippen molar-refractivity contribution >= 4 is 9.04 Å². The van der Waals surface area contributed by atoms with E-state index in [1.54, 1.807) is 0 Å². The van der Waals surface area contributed by atoms with Crippen molar-refractivity contribution in [2.45, 2.75) is 59.4 Å². The van der Waals surface area contributed by atoms with Gasteiger partial charge < -0.3 is 14.3 Å². The van der Waals surface area contributed by atoms with Gasteiger partial charge in [-0.05, 0) is 42.6 Å². The molecular weight excluding hydrogens is 280 g/mol. The van der Waals surface area contributed by atoms with E-state index in [0.29, 0.717) is 0 Å². The van der Waals surface area contributed by atoms with E-state index < -0.39 is 9.04 Å². The smallest absolute Gasteiger partial charge is 0.170 e. The predicted molar refractivity (Wildman–Crippen MR) is 90.3 cm³/mol. The summed E-state index contributed by atoms with van der Waals surface area (Å²) in [6.07, 6.45) is 2.08. The first-order chi connectivity index (χ1) is 9.80. The molecule has 4 heteroatoms. The standard InChI is InChI=1S/C17H30O3Si/c1-17(2,3)12-16(10-11-19-21(4)5)20-15-8-6-14(13-18)7-9-15/h6-9,16,18,21H,10-13H2,1-5H3. The maximum absolute atomic E-state index is 9.08. The van der Waals surface area contributed by atoms with E-state index in [1.807, 2.05) is 24.3 Å². The lowest BCUT2D eigenvalue weighted by molar-refractivity contribution is 0.117. The van der Waals surface area contributed by atoms with E-state index in [9.17, 15) is 0 Å². The highest BCUT2D eigenvalue weighted by Crippen LogP contribution is 2.26. The van der Waals surface area contributed by atoms with Crippen molar-refractivity contribution in [3.8, 4) is 5.75 Å². The van der Waals surface area contributed by atoms with Crippen molar-refractivity contribution in [2.24, 2.45) is 5.41 Å². The fourth-order valence-electron chi connectivity index (χ4n) is 2.19. The lowest BCUT2D eigenvalue weighted by Gasteiger charge is -2.27. The zero-order valence-electron chi connectivity index (χ0n) is 14.1. The summed E-state index contributed by atoms with van der Waals surface area (Å²) in [4.78, 5) is 0. The Hall–Kier alpha value is -0.843. The van der Waals surface area contributed by atoms with Crippen LogP contribution in [0.3, 0.4) is 0 Å². The first-order valence-corrected chi connectivity index (χ1v) is 10.6. The highest BCUT2D eigenvalue weighted by atomic mass is 28.3. The van der Waals surface area contributed by atoms with Crippen LogP contribution in [0, 0.1) is 5.41 Å². The molecule has 0 aliphatic rings. The molecule has 0 aliphatic heterocycles. The summed E-state index contributed by atoms with van der Waals surface area (Å²) < 4.78 is 11.9. The van der Waals surface area contributed by atoms with Crippen LogP contribution in [0.5, 0.6) is 5.75 Å². The highest BCUT2D eigenvalue weighted by Gasteiger charge is 2.20. The van der Waals surface area contributed by atoms with E-state index in [-0.39, 0.29) is 18.1 Å². The SMILES string of the molecule is C[SiH](C)OCCC(CC(C)(C)C)Oc1ccc(CO)cc1. The van der Waals surface area contributed by atoms with Crippen LogP contribution in [0.25, 0.3) is 0 Å². The van der Waals surface area contributed by atoms with E-state index in [4.69, 9.17) is 14.3 Å². The first-order valence-electron chi connectivity index (χ1n) is 7.78. The molecule has 1 N–H and O–H groups in total. The zero-order valence-corrected chi connectivity index (χ0v) is 15.2. The van der Waals surface area contributed by atoms with E-state index in [1.165, 1.54) is 0 Å². The van der Waals surface area contributed by atoms with E-state index >= 15 is 0 Å². The molecule has 0 aromatic heterocycles. The van der Waals surface area contributed by atoms with Crippen molar-refractivity contribution in [2.75, 3.05) is 6.61 Å². The van der Waals surface area contributed by atoms with Gasteiger partial charge in [-0.25, -0.2) is 0 Å². The molecule has 0 fully saturated rings. The minimum Gasteiger partial charge on any atom is -0.490 e. The van der Waals surface area contributed by atoms with Gasteiger partial charge in [0, 0.05) is 13.0 Å². The number of rotatable bonds is 8. The average molecular weight is 311 g/mol. The summed E-state index contributed by atoms with van der Waals surface area (Å²) >= 11 is 0. The molecule has 1 unspecified atom stereocenters. The van der Waals surface area contributed by atoms with Gasteiger partial charge in [0.15, 0.2) is 9.04 Å². The zero-order chi connectivity index (χ0) is 15.9. The van der Waals surface area contributed by atoms with Gasteiger partial charge in [0.25, 0.3) is 0 Å². The van der Waals surface area contributed by atoms with Crippen LogP contribution in [0.15, 0.2) is 24.3 Å². The van der Waals surface area contributed by atoms with Gasteiger partial charge in [-0.1, -0.05) is 32.9 Å². The molecule has 0 amide bonds. The van der Waals surface area contributed by atoms with Gasteiger partial charge in [-0.2, -0.15) is 0 Å². The topological polar surface area (TPSA) is 38.7 Å². The number of benzene rings is 1. The van der Waals surface area contributed by atoms with Crippen LogP contribution in [-0.2, 0) is 11.0 Å². The Morgan fingerprint density at radius 2 is 1.76 bits per heavy atom. The van der Waals surface area contributed by atoms with Crippen molar-refractivity contribution in [1.29, 1.82) is 0 Å². The van der Waals surface area contributed by atoms with Crippen LogP contribution in [0.1, 0.15) is 39.2 Å². The molecule has 0 saturated heterocycles. The Morgan fingerprint density at radius 3 is 2.24 bits per heavy atom. The molecule has 21 heavy (non-hydrogen) atoms. The minimum absolute atomic E-state index is 0.0680. The molecule has 1 aromatic carbocycles. The normalized spacial score (nSPS) is 13.5. The number of aliphatic hydroxyl groups is 1. The van der Waals surface area contributed by atoms with E-state index in [0.717, 1.165) is 30.8 Å². The number of hydrogen-bond acceptors (Lipinski definition) is 3. The van der Waals surface area contributed by atoms with Crippen LogP contribution >= 0.6 is 0 Å². The molecule has 0 spiro atoms. The van der Waals surface area contributed by atoms with Crippen LogP contribution < -0.4 is 4.74 Å². The Balaban J connectivity index is 2.61. The van der Waals surface area contributed by atoms with Crippen molar-refractivity contribution < 1.29 is 14.3 Å². The Bertz CT molecular complexity index is 395. The fraction of sp³-hybridized carbons (Fsp3) is 0.647. The summed E-state index contributed by atoms with van der Waals surface area (Å²) in [5, 5.41) is 9.08. The van der Waals surface area contributed by atoms with Crippen molar-refractivity contribution in [3.63, 3.8) is 0 Å². The molecule has 120 valence electrons. The van der Waals surface area contributed by atoms with Crippen molar-refractivity contribution in [1.82, 2.24) is 0 Å². The molecular formula is C17H30O3Si.